The van der Waals surface area contributed by atoms with E-state index < -0.39 is 34.5 Å². The predicted molar refractivity (Wildman–Crippen MR) is 124 cm³/mol. The van der Waals surface area contributed by atoms with Gasteiger partial charge in [-0.25, -0.2) is 14.3 Å². The normalized spacial score (nSPS) is 17.7. The zero-order valence-electron chi connectivity index (χ0n) is 18.6. The van der Waals surface area contributed by atoms with Gasteiger partial charge in [-0.2, -0.15) is 13.2 Å². The van der Waals surface area contributed by atoms with Gasteiger partial charge in [0, 0.05) is 17.2 Å². The minimum atomic E-state index is -4.43. The highest BCUT2D eigenvalue weighted by molar-refractivity contribution is 8.00. The second-order valence-electron chi connectivity index (χ2n) is 8.57. The van der Waals surface area contributed by atoms with Crippen molar-refractivity contribution in [3.8, 4) is 0 Å². The van der Waals surface area contributed by atoms with Crippen LogP contribution in [-0.4, -0.2) is 27.3 Å². The number of aromatic nitrogens is 2. The summed E-state index contributed by atoms with van der Waals surface area (Å²) in [4.78, 5) is 35.4. The molecule has 1 unspecified atom stereocenters. The van der Waals surface area contributed by atoms with Gasteiger partial charge in [0.25, 0.3) is 0 Å². The Hall–Kier alpha value is -3.47. The van der Waals surface area contributed by atoms with Crippen LogP contribution in [0, 0.1) is 17.2 Å². The largest absolute Gasteiger partial charge is 0.446 e. The lowest BCUT2D eigenvalue weighted by Crippen LogP contribution is -2.32. The van der Waals surface area contributed by atoms with Gasteiger partial charge in [0.05, 0.1) is 35.1 Å². The van der Waals surface area contributed by atoms with Crippen LogP contribution in [-0.2, 0) is 16.0 Å². The van der Waals surface area contributed by atoms with E-state index in [4.69, 9.17) is 0 Å². The quantitative estimate of drug-likeness (QED) is 0.263. The number of pyridine rings is 2. The number of benzene rings is 1. The standard InChI is InChI=1S/C24H20F4N4O2S/c1-23(2)19(9-14-7-8-30-20(10-14)31-16-11-15(25)12-29-13-16)21(33)32(22(23)34)17-3-5-18(6-4-17)35-24(26,27)28/h3-8,10-13,19H,9H2,1-2H3,(H,30,31). The van der Waals surface area contributed by atoms with Crippen LogP contribution in [0.4, 0.5) is 34.8 Å². The van der Waals surface area contributed by atoms with E-state index in [0.29, 0.717) is 11.5 Å². The number of carbonyl (C=O) groups excluding carboxylic acids is 2. The maximum absolute atomic E-state index is 13.4. The van der Waals surface area contributed by atoms with Gasteiger partial charge in [-0.1, -0.05) is 13.8 Å². The summed E-state index contributed by atoms with van der Waals surface area (Å²) in [5.74, 6) is -1.66. The van der Waals surface area contributed by atoms with Crippen molar-refractivity contribution in [2.75, 3.05) is 10.2 Å². The number of nitrogens with zero attached hydrogens (tertiary/aromatic N) is 3. The Morgan fingerprint density at radius 3 is 2.46 bits per heavy atom. The van der Waals surface area contributed by atoms with E-state index in [1.165, 1.54) is 42.7 Å². The molecule has 1 aromatic carbocycles. The number of rotatable bonds is 6. The van der Waals surface area contributed by atoms with E-state index in [0.717, 1.165) is 16.7 Å². The van der Waals surface area contributed by atoms with Crippen LogP contribution < -0.4 is 10.2 Å². The number of amides is 2. The molecular formula is C24H20F4N4O2S. The summed E-state index contributed by atoms with van der Waals surface area (Å²) in [5, 5.41) is 2.95. The molecule has 6 nitrogen and oxygen atoms in total. The molecule has 1 fully saturated rings. The van der Waals surface area contributed by atoms with Crippen LogP contribution in [0.3, 0.4) is 0 Å². The van der Waals surface area contributed by atoms with Gasteiger partial charge in [-0.15, -0.1) is 0 Å². The fourth-order valence-corrected chi connectivity index (χ4v) is 4.46. The molecule has 1 saturated heterocycles. The number of hydrogen-bond donors (Lipinski definition) is 1. The maximum atomic E-state index is 13.4. The van der Waals surface area contributed by atoms with Crippen LogP contribution in [0.5, 0.6) is 0 Å². The summed E-state index contributed by atoms with van der Waals surface area (Å²) in [6.07, 6.45) is 4.28. The molecule has 0 bridgehead atoms. The second kappa shape index (κ2) is 9.29. The molecule has 11 heteroatoms. The Bertz CT molecular complexity index is 1260. The monoisotopic (exact) mass is 504 g/mol. The SMILES string of the molecule is CC1(C)C(=O)N(c2ccc(SC(F)(F)F)cc2)C(=O)C1Cc1ccnc(Nc2cncc(F)c2)c1. The fraction of sp³-hybridized carbons (Fsp3) is 0.250. The lowest BCUT2D eigenvalue weighted by molar-refractivity contribution is -0.125. The van der Waals surface area contributed by atoms with Crippen molar-refractivity contribution in [1.29, 1.82) is 0 Å². The van der Waals surface area contributed by atoms with Gasteiger partial charge in [-0.05, 0) is 60.1 Å². The molecule has 4 rings (SSSR count). The third-order valence-corrected chi connectivity index (χ3v) is 6.45. The number of thioether (sulfide) groups is 1. The number of carbonyl (C=O) groups is 2. The number of imide groups is 1. The van der Waals surface area contributed by atoms with Gasteiger partial charge in [-0.3, -0.25) is 14.6 Å². The van der Waals surface area contributed by atoms with Gasteiger partial charge < -0.3 is 5.32 Å². The molecule has 1 N–H and O–H groups in total. The van der Waals surface area contributed by atoms with Gasteiger partial charge in [0.15, 0.2) is 0 Å². The van der Waals surface area contributed by atoms with Crippen LogP contribution in [0.25, 0.3) is 0 Å². The first-order valence-electron chi connectivity index (χ1n) is 10.5. The molecule has 1 atom stereocenters. The Kier molecular flexibility index (Phi) is 6.54. The second-order valence-corrected chi connectivity index (χ2v) is 9.70. The number of hydrogen-bond acceptors (Lipinski definition) is 6. The first-order valence-corrected chi connectivity index (χ1v) is 11.3. The topological polar surface area (TPSA) is 75.2 Å². The summed E-state index contributed by atoms with van der Waals surface area (Å²) in [6.45, 7) is 3.34. The minimum absolute atomic E-state index is 0.0403. The van der Waals surface area contributed by atoms with Crippen LogP contribution >= 0.6 is 11.8 Å². The average molecular weight is 505 g/mol. The van der Waals surface area contributed by atoms with E-state index in [2.05, 4.69) is 15.3 Å². The Labute approximate surface area is 202 Å². The average Bonchev–Trinajstić information content (AvgIpc) is 2.93. The number of halogens is 4. The molecule has 3 aromatic rings. The number of nitrogens with one attached hydrogen (secondary N) is 1. The Morgan fingerprint density at radius 2 is 1.80 bits per heavy atom. The first kappa shape index (κ1) is 24.6. The molecule has 0 saturated carbocycles. The van der Waals surface area contributed by atoms with Crippen LogP contribution in [0.15, 0.2) is 66.0 Å². The highest BCUT2D eigenvalue weighted by Crippen LogP contribution is 2.43. The van der Waals surface area contributed by atoms with Crippen LogP contribution in [0.2, 0.25) is 0 Å². The molecule has 1 aliphatic rings. The lowest BCUT2D eigenvalue weighted by Gasteiger charge is -2.22. The molecule has 1 aliphatic heterocycles. The molecular weight excluding hydrogens is 484 g/mol. The molecule has 2 aromatic heterocycles. The third-order valence-electron chi connectivity index (χ3n) is 5.71. The summed E-state index contributed by atoms with van der Waals surface area (Å²) >= 11 is -0.267. The maximum Gasteiger partial charge on any atom is 0.446 e. The Balaban J connectivity index is 1.54. The number of anilines is 3. The van der Waals surface area contributed by atoms with E-state index in [9.17, 15) is 27.2 Å². The van der Waals surface area contributed by atoms with Gasteiger partial charge >= 0.3 is 5.51 Å². The molecule has 3 heterocycles. The van der Waals surface area contributed by atoms with E-state index in [-0.39, 0.29) is 28.8 Å². The molecule has 2 amide bonds. The zero-order valence-corrected chi connectivity index (χ0v) is 19.5. The van der Waals surface area contributed by atoms with Gasteiger partial charge in [0.1, 0.15) is 11.6 Å². The van der Waals surface area contributed by atoms with Crippen molar-refractivity contribution in [1.82, 2.24) is 9.97 Å². The van der Waals surface area contributed by atoms with Crippen molar-refractivity contribution >= 4 is 40.8 Å². The highest BCUT2D eigenvalue weighted by atomic mass is 32.2. The van der Waals surface area contributed by atoms with Gasteiger partial charge in [0.2, 0.25) is 11.8 Å². The molecule has 182 valence electrons. The summed E-state index contributed by atoms with van der Waals surface area (Å²) in [5.41, 5.74) is -4.13. The molecule has 35 heavy (non-hydrogen) atoms. The molecule has 0 radical (unpaired) electrons. The smallest absolute Gasteiger partial charge is 0.339 e. The van der Waals surface area contributed by atoms with Crippen molar-refractivity contribution in [2.45, 2.75) is 30.7 Å². The van der Waals surface area contributed by atoms with Crippen LogP contribution in [0.1, 0.15) is 19.4 Å². The molecule has 0 aliphatic carbocycles. The molecule has 0 spiro atoms. The third kappa shape index (κ3) is 5.45. The van der Waals surface area contributed by atoms with Crippen molar-refractivity contribution in [3.63, 3.8) is 0 Å². The zero-order chi connectivity index (χ0) is 25.4. The van der Waals surface area contributed by atoms with Crippen molar-refractivity contribution < 1.29 is 27.2 Å². The lowest BCUT2D eigenvalue weighted by atomic mass is 9.78. The summed E-state index contributed by atoms with van der Waals surface area (Å²) in [7, 11) is 0. The highest BCUT2D eigenvalue weighted by Gasteiger charge is 2.53. The predicted octanol–water partition coefficient (Wildman–Crippen LogP) is 5.73. The van der Waals surface area contributed by atoms with Crippen molar-refractivity contribution in [3.05, 3.63) is 72.4 Å². The minimum Gasteiger partial charge on any atom is -0.339 e. The van der Waals surface area contributed by atoms with E-state index in [1.807, 2.05) is 0 Å². The van der Waals surface area contributed by atoms with Crippen molar-refractivity contribution in [2.24, 2.45) is 11.3 Å². The summed E-state index contributed by atoms with van der Waals surface area (Å²) < 4.78 is 51.2. The Morgan fingerprint density at radius 1 is 1.09 bits per heavy atom. The summed E-state index contributed by atoms with van der Waals surface area (Å²) in [6, 6.07) is 9.82. The number of alkyl halides is 3. The fourth-order valence-electron chi connectivity index (χ4n) is 3.92. The van der Waals surface area contributed by atoms with E-state index in [1.54, 1.807) is 26.0 Å². The first-order chi connectivity index (χ1) is 16.4. The van der Waals surface area contributed by atoms with E-state index >= 15 is 0 Å².